The molecular formula is C16H25NO4. The number of ether oxygens (including phenoxy) is 2. The quantitative estimate of drug-likeness (QED) is 0.681. The maximum atomic E-state index is 12.0. The lowest BCUT2D eigenvalue weighted by Crippen LogP contribution is -2.51. The van der Waals surface area contributed by atoms with Crippen molar-refractivity contribution in [1.82, 2.24) is 5.32 Å². The molecule has 21 heavy (non-hydrogen) atoms. The topological polar surface area (TPSA) is 67.8 Å². The van der Waals surface area contributed by atoms with Crippen LogP contribution in [-0.4, -0.2) is 36.4 Å². The van der Waals surface area contributed by atoms with Crippen LogP contribution in [0.1, 0.15) is 32.8 Å². The Morgan fingerprint density at radius 2 is 2.14 bits per heavy atom. The number of esters is 1. The van der Waals surface area contributed by atoms with Gasteiger partial charge in [0.25, 0.3) is 0 Å². The number of nitrogens with one attached hydrogen (secondary N) is 1. The number of aliphatic hydroxyl groups is 1. The van der Waals surface area contributed by atoms with Crippen molar-refractivity contribution >= 4 is 5.97 Å². The van der Waals surface area contributed by atoms with E-state index < -0.39 is 5.54 Å². The Labute approximate surface area is 126 Å². The fourth-order valence-electron chi connectivity index (χ4n) is 2.05. The zero-order valence-electron chi connectivity index (χ0n) is 13.0. The van der Waals surface area contributed by atoms with E-state index in [4.69, 9.17) is 14.6 Å². The lowest BCUT2D eigenvalue weighted by molar-refractivity contribution is -0.151. The summed E-state index contributed by atoms with van der Waals surface area (Å²) in [5.41, 5.74) is 0.0478. The van der Waals surface area contributed by atoms with Crippen molar-refractivity contribution < 1.29 is 19.4 Å². The number of carbonyl (C=O) groups is 1. The van der Waals surface area contributed by atoms with E-state index in [2.05, 4.69) is 5.32 Å². The maximum absolute atomic E-state index is 12.0. The van der Waals surface area contributed by atoms with E-state index in [1.54, 1.807) is 13.0 Å². The summed E-state index contributed by atoms with van der Waals surface area (Å²) in [5.74, 6) is 0.420. The van der Waals surface area contributed by atoms with Crippen molar-refractivity contribution in [3.8, 4) is 5.75 Å². The van der Waals surface area contributed by atoms with Crippen molar-refractivity contribution in [2.24, 2.45) is 0 Å². The number of aliphatic hydroxyl groups excluding tert-OH is 1. The summed E-state index contributed by atoms with van der Waals surface area (Å²) in [6.45, 7) is 6.97. The number of benzene rings is 1. The molecule has 1 atom stereocenters. The first kappa shape index (κ1) is 17.5. The Hall–Kier alpha value is -1.59. The fraction of sp³-hybridized carbons (Fsp3) is 0.562. The minimum absolute atomic E-state index is 0.0187. The average Bonchev–Trinajstić information content (AvgIpc) is 2.48. The second-order valence-corrected chi connectivity index (χ2v) is 4.99. The number of carbonyl (C=O) groups excluding carboxylic acids is 1. The lowest BCUT2D eigenvalue weighted by atomic mass is 9.98. The normalized spacial score (nSPS) is 13.5. The van der Waals surface area contributed by atoms with E-state index in [-0.39, 0.29) is 12.6 Å². The third-order valence-corrected chi connectivity index (χ3v) is 3.24. The molecule has 0 fully saturated rings. The third-order valence-electron chi connectivity index (χ3n) is 3.24. The molecule has 0 spiro atoms. The number of hydrogen-bond donors (Lipinski definition) is 2. The van der Waals surface area contributed by atoms with Crippen LogP contribution in [0.3, 0.4) is 0 Å². The van der Waals surface area contributed by atoms with E-state index >= 15 is 0 Å². The molecule has 0 amide bonds. The summed E-state index contributed by atoms with van der Waals surface area (Å²) < 4.78 is 10.8. The van der Waals surface area contributed by atoms with Gasteiger partial charge in [0.1, 0.15) is 11.3 Å². The molecule has 0 aliphatic carbocycles. The maximum Gasteiger partial charge on any atom is 0.326 e. The number of rotatable bonds is 9. The molecule has 0 aromatic heterocycles. The summed E-state index contributed by atoms with van der Waals surface area (Å²) in [4.78, 5) is 12.0. The second kappa shape index (κ2) is 8.64. The molecule has 0 bridgehead atoms. The molecule has 0 saturated carbocycles. The monoisotopic (exact) mass is 295 g/mol. The Bertz CT molecular complexity index is 450. The van der Waals surface area contributed by atoms with Crippen LogP contribution in [0, 0.1) is 0 Å². The summed E-state index contributed by atoms with van der Waals surface area (Å²) in [5, 5.41) is 12.2. The molecule has 1 rings (SSSR count). The van der Waals surface area contributed by atoms with Gasteiger partial charge < -0.3 is 19.9 Å². The van der Waals surface area contributed by atoms with Gasteiger partial charge in [-0.3, -0.25) is 4.79 Å². The van der Waals surface area contributed by atoms with Crippen LogP contribution >= 0.6 is 0 Å². The van der Waals surface area contributed by atoms with Crippen molar-refractivity contribution in [3.05, 3.63) is 29.8 Å². The highest BCUT2D eigenvalue weighted by molar-refractivity contribution is 5.80. The SMILES string of the molecule is CCNC(C)(CCOc1cccc(CO)c1)C(=O)OCC. The molecular weight excluding hydrogens is 270 g/mol. The highest BCUT2D eigenvalue weighted by atomic mass is 16.5. The molecule has 1 unspecified atom stereocenters. The number of hydrogen-bond acceptors (Lipinski definition) is 5. The Morgan fingerprint density at radius 1 is 1.38 bits per heavy atom. The van der Waals surface area contributed by atoms with Crippen LogP contribution in [0.15, 0.2) is 24.3 Å². The first-order chi connectivity index (χ1) is 10.1. The highest BCUT2D eigenvalue weighted by Crippen LogP contribution is 2.17. The summed E-state index contributed by atoms with van der Waals surface area (Å²) in [6, 6.07) is 7.27. The van der Waals surface area contributed by atoms with E-state index in [1.165, 1.54) is 0 Å². The van der Waals surface area contributed by atoms with Gasteiger partial charge in [0.2, 0.25) is 0 Å². The van der Waals surface area contributed by atoms with Crippen LogP contribution in [-0.2, 0) is 16.1 Å². The predicted octanol–water partition coefficient (Wildman–Crippen LogP) is 1.88. The first-order valence-electron chi connectivity index (χ1n) is 7.30. The summed E-state index contributed by atoms with van der Waals surface area (Å²) in [6.07, 6.45) is 0.503. The Balaban J connectivity index is 2.58. The molecule has 0 saturated heterocycles. The lowest BCUT2D eigenvalue weighted by Gasteiger charge is -2.28. The van der Waals surface area contributed by atoms with Crippen molar-refractivity contribution in [3.63, 3.8) is 0 Å². The van der Waals surface area contributed by atoms with Gasteiger partial charge >= 0.3 is 5.97 Å². The van der Waals surface area contributed by atoms with Gasteiger partial charge in [0.05, 0.1) is 19.8 Å². The van der Waals surface area contributed by atoms with Crippen LogP contribution in [0.5, 0.6) is 5.75 Å². The summed E-state index contributed by atoms with van der Waals surface area (Å²) in [7, 11) is 0. The molecule has 0 aliphatic heterocycles. The molecule has 2 N–H and O–H groups in total. The summed E-state index contributed by atoms with van der Waals surface area (Å²) >= 11 is 0. The Morgan fingerprint density at radius 3 is 2.76 bits per heavy atom. The second-order valence-electron chi connectivity index (χ2n) is 4.99. The van der Waals surface area contributed by atoms with Crippen molar-refractivity contribution in [2.75, 3.05) is 19.8 Å². The van der Waals surface area contributed by atoms with Crippen LogP contribution in [0.25, 0.3) is 0 Å². The van der Waals surface area contributed by atoms with E-state index in [1.807, 2.05) is 32.0 Å². The molecule has 1 aromatic carbocycles. The van der Waals surface area contributed by atoms with Gasteiger partial charge in [0, 0.05) is 6.42 Å². The highest BCUT2D eigenvalue weighted by Gasteiger charge is 2.33. The van der Waals surface area contributed by atoms with Gasteiger partial charge in [-0.05, 0) is 38.1 Å². The van der Waals surface area contributed by atoms with Crippen LogP contribution < -0.4 is 10.1 Å². The average molecular weight is 295 g/mol. The van der Waals surface area contributed by atoms with Crippen LogP contribution in [0.4, 0.5) is 0 Å². The standard InChI is InChI=1S/C16H25NO4/c1-4-17-16(3,15(19)20-5-2)9-10-21-14-8-6-7-13(11-14)12-18/h6-8,11,17-18H,4-5,9-10,12H2,1-3H3. The zero-order chi connectivity index (χ0) is 15.7. The first-order valence-corrected chi connectivity index (χ1v) is 7.30. The van der Waals surface area contributed by atoms with Gasteiger partial charge in [-0.15, -0.1) is 0 Å². The van der Waals surface area contributed by atoms with Crippen LogP contribution in [0.2, 0.25) is 0 Å². The van der Waals surface area contributed by atoms with Gasteiger partial charge in [0.15, 0.2) is 0 Å². The molecule has 5 nitrogen and oxygen atoms in total. The van der Waals surface area contributed by atoms with E-state index in [0.29, 0.717) is 31.9 Å². The minimum Gasteiger partial charge on any atom is -0.493 e. The molecule has 0 radical (unpaired) electrons. The smallest absolute Gasteiger partial charge is 0.326 e. The molecule has 5 heteroatoms. The molecule has 0 aliphatic rings. The van der Waals surface area contributed by atoms with Gasteiger partial charge in [-0.2, -0.15) is 0 Å². The molecule has 118 valence electrons. The molecule has 1 aromatic rings. The minimum atomic E-state index is -0.751. The third kappa shape index (κ3) is 5.36. The van der Waals surface area contributed by atoms with E-state index in [9.17, 15) is 4.79 Å². The van der Waals surface area contributed by atoms with Crippen molar-refractivity contribution in [2.45, 2.75) is 39.3 Å². The Kier molecular flexibility index (Phi) is 7.19. The fourth-order valence-corrected chi connectivity index (χ4v) is 2.05. The number of likely N-dealkylation sites (N-methyl/N-ethyl adjacent to an activating group) is 1. The largest absolute Gasteiger partial charge is 0.493 e. The van der Waals surface area contributed by atoms with Gasteiger partial charge in [-0.25, -0.2) is 0 Å². The van der Waals surface area contributed by atoms with Gasteiger partial charge in [-0.1, -0.05) is 19.1 Å². The van der Waals surface area contributed by atoms with Crippen molar-refractivity contribution in [1.29, 1.82) is 0 Å². The molecule has 0 heterocycles. The predicted molar refractivity (Wildman–Crippen MR) is 81.2 cm³/mol. The zero-order valence-corrected chi connectivity index (χ0v) is 13.0. The van der Waals surface area contributed by atoms with E-state index in [0.717, 1.165) is 5.56 Å².